The minimum Gasteiger partial charge on any atom is -0.492 e. The van der Waals surface area contributed by atoms with Gasteiger partial charge < -0.3 is 13.9 Å². The highest BCUT2D eigenvalue weighted by Crippen LogP contribution is 2.31. The summed E-state index contributed by atoms with van der Waals surface area (Å²) in [4.78, 5) is 12.5. The number of ether oxygens (including phenoxy) is 2. The Kier molecular flexibility index (Phi) is 4.81. The lowest BCUT2D eigenvalue weighted by atomic mass is 9.97. The Bertz CT molecular complexity index is 958. The van der Waals surface area contributed by atoms with Crippen LogP contribution in [0.1, 0.15) is 24.5 Å². The molecular formula is C20H17ClN2O4. The molecule has 2 heterocycles. The van der Waals surface area contributed by atoms with Crippen LogP contribution in [0.4, 0.5) is 0 Å². The Hall–Kier alpha value is -2.86. The van der Waals surface area contributed by atoms with Crippen LogP contribution in [0.3, 0.4) is 0 Å². The molecular weight excluding hydrogens is 368 g/mol. The van der Waals surface area contributed by atoms with Crippen LogP contribution in [0, 0.1) is 5.92 Å². The average molecular weight is 385 g/mol. The van der Waals surface area contributed by atoms with Gasteiger partial charge in [0, 0.05) is 10.6 Å². The van der Waals surface area contributed by atoms with Gasteiger partial charge in [0.2, 0.25) is 5.89 Å². The maximum Gasteiger partial charge on any atom is 0.313 e. The predicted molar refractivity (Wildman–Crippen MR) is 98.4 cm³/mol. The number of carbonyl (C=O) groups is 1. The van der Waals surface area contributed by atoms with Crippen molar-refractivity contribution in [3.8, 4) is 17.2 Å². The monoisotopic (exact) mass is 384 g/mol. The van der Waals surface area contributed by atoms with E-state index in [0.717, 1.165) is 16.9 Å². The van der Waals surface area contributed by atoms with Crippen molar-refractivity contribution in [1.82, 2.24) is 10.2 Å². The summed E-state index contributed by atoms with van der Waals surface area (Å²) in [6.45, 7) is 1.97. The third-order valence-electron chi connectivity index (χ3n) is 4.36. The van der Waals surface area contributed by atoms with Crippen LogP contribution in [0.5, 0.6) is 5.75 Å². The molecule has 0 radical (unpaired) electrons. The van der Waals surface area contributed by atoms with E-state index in [1.807, 2.05) is 42.5 Å². The van der Waals surface area contributed by atoms with Gasteiger partial charge >= 0.3 is 5.97 Å². The van der Waals surface area contributed by atoms with Crippen molar-refractivity contribution in [2.45, 2.75) is 19.4 Å². The van der Waals surface area contributed by atoms with Gasteiger partial charge in [0.25, 0.3) is 5.89 Å². The number of benzene rings is 2. The molecule has 1 aliphatic rings. The van der Waals surface area contributed by atoms with Gasteiger partial charge in [0.1, 0.15) is 12.4 Å². The SMILES string of the molecule is C[C@H](OC(=O)[C@@H]1COc2ccc(Cl)cc2C1)c1nnc(-c2ccccc2)o1. The second-order valence-corrected chi connectivity index (χ2v) is 6.79. The van der Waals surface area contributed by atoms with Crippen LogP contribution >= 0.6 is 11.6 Å². The first-order chi connectivity index (χ1) is 13.1. The zero-order chi connectivity index (χ0) is 18.8. The van der Waals surface area contributed by atoms with Crippen LogP contribution in [0.2, 0.25) is 5.02 Å². The highest BCUT2D eigenvalue weighted by Gasteiger charge is 2.30. The quantitative estimate of drug-likeness (QED) is 0.626. The summed E-state index contributed by atoms with van der Waals surface area (Å²) in [5, 5.41) is 8.63. The number of carbonyl (C=O) groups excluding carboxylic acids is 1. The lowest BCUT2D eigenvalue weighted by Gasteiger charge is -2.24. The van der Waals surface area contributed by atoms with Gasteiger partial charge in [-0.1, -0.05) is 29.8 Å². The van der Waals surface area contributed by atoms with Crippen LogP contribution in [0.25, 0.3) is 11.5 Å². The van der Waals surface area contributed by atoms with Crippen molar-refractivity contribution in [3.63, 3.8) is 0 Å². The van der Waals surface area contributed by atoms with Crippen molar-refractivity contribution in [1.29, 1.82) is 0 Å². The molecule has 3 aromatic rings. The standard InChI is InChI=1S/C20H17ClN2O4/c1-12(18-22-23-19(27-18)13-5-3-2-4-6-13)26-20(24)15-9-14-10-16(21)7-8-17(14)25-11-15/h2-8,10,12,15H,9,11H2,1H3/t12-,15-/m0/s1. The maximum atomic E-state index is 12.5. The van der Waals surface area contributed by atoms with Crippen LogP contribution in [-0.4, -0.2) is 22.8 Å². The van der Waals surface area contributed by atoms with Crippen molar-refractivity contribution in [3.05, 3.63) is 65.0 Å². The molecule has 4 rings (SSSR count). The summed E-state index contributed by atoms with van der Waals surface area (Å²) in [6, 6.07) is 14.8. The fourth-order valence-electron chi connectivity index (χ4n) is 2.93. The molecule has 7 heteroatoms. The fourth-order valence-corrected chi connectivity index (χ4v) is 3.13. The van der Waals surface area contributed by atoms with E-state index in [2.05, 4.69) is 10.2 Å². The minimum atomic E-state index is -0.650. The number of fused-ring (bicyclic) bond motifs is 1. The minimum absolute atomic E-state index is 0.252. The van der Waals surface area contributed by atoms with Crippen molar-refractivity contribution in [2.75, 3.05) is 6.61 Å². The van der Waals surface area contributed by atoms with E-state index < -0.39 is 12.0 Å². The Morgan fingerprint density at radius 1 is 1.22 bits per heavy atom. The van der Waals surface area contributed by atoms with Crippen molar-refractivity contribution < 1.29 is 18.7 Å². The lowest BCUT2D eigenvalue weighted by molar-refractivity contribution is -0.156. The highest BCUT2D eigenvalue weighted by atomic mass is 35.5. The summed E-state index contributed by atoms with van der Waals surface area (Å²) in [7, 11) is 0. The third kappa shape index (κ3) is 3.80. The van der Waals surface area contributed by atoms with E-state index in [9.17, 15) is 4.79 Å². The zero-order valence-corrected chi connectivity index (χ0v) is 15.3. The largest absolute Gasteiger partial charge is 0.492 e. The number of esters is 1. The molecule has 27 heavy (non-hydrogen) atoms. The molecule has 0 fully saturated rings. The molecule has 138 valence electrons. The van der Waals surface area contributed by atoms with E-state index in [0.29, 0.717) is 17.3 Å². The van der Waals surface area contributed by atoms with Crippen LogP contribution in [0.15, 0.2) is 52.9 Å². The molecule has 0 aliphatic carbocycles. The molecule has 0 amide bonds. The molecule has 0 spiro atoms. The second kappa shape index (κ2) is 7.40. The van der Waals surface area contributed by atoms with Gasteiger partial charge in [-0.05, 0) is 49.2 Å². The number of halogens is 1. The molecule has 6 nitrogen and oxygen atoms in total. The molecule has 0 bridgehead atoms. The van der Waals surface area contributed by atoms with E-state index >= 15 is 0 Å². The van der Waals surface area contributed by atoms with E-state index in [4.69, 9.17) is 25.5 Å². The lowest BCUT2D eigenvalue weighted by Crippen LogP contribution is -2.30. The van der Waals surface area contributed by atoms with Gasteiger partial charge in [-0.25, -0.2) is 0 Å². The summed E-state index contributed by atoms with van der Waals surface area (Å²) in [5.74, 6) is 0.615. The highest BCUT2D eigenvalue weighted by molar-refractivity contribution is 6.30. The number of hydrogen-bond donors (Lipinski definition) is 0. The molecule has 1 aliphatic heterocycles. The molecule has 2 atom stereocenters. The number of hydrogen-bond acceptors (Lipinski definition) is 6. The van der Waals surface area contributed by atoms with Crippen molar-refractivity contribution in [2.24, 2.45) is 5.92 Å². The van der Waals surface area contributed by atoms with Crippen LogP contribution < -0.4 is 4.74 Å². The normalized spacial score (nSPS) is 16.9. The first-order valence-corrected chi connectivity index (χ1v) is 8.98. The summed E-state index contributed by atoms with van der Waals surface area (Å²) in [6.07, 6.45) is -0.135. The Morgan fingerprint density at radius 3 is 2.85 bits per heavy atom. The average Bonchev–Trinajstić information content (AvgIpc) is 3.18. The first kappa shape index (κ1) is 17.5. The Morgan fingerprint density at radius 2 is 2.04 bits per heavy atom. The molecule has 1 aromatic heterocycles. The van der Waals surface area contributed by atoms with Gasteiger partial charge in [-0.2, -0.15) is 0 Å². The molecule has 0 N–H and O–H groups in total. The number of nitrogens with zero attached hydrogens (tertiary/aromatic N) is 2. The number of aromatic nitrogens is 2. The van der Waals surface area contributed by atoms with Gasteiger partial charge in [-0.3, -0.25) is 4.79 Å². The Labute approximate surface area is 161 Å². The van der Waals surface area contributed by atoms with E-state index in [-0.39, 0.29) is 18.5 Å². The second-order valence-electron chi connectivity index (χ2n) is 6.35. The van der Waals surface area contributed by atoms with E-state index in [1.54, 1.807) is 13.0 Å². The smallest absolute Gasteiger partial charge is 0.313 e. The topological polar surface area (TPSA) is 74.5 Å². The number of rotatable bonds is 4. The summed E-state index contributed by atoms with van der Waals surface area (Å²) >= 11 is 6.02. The first-order valence-electron chi connectivity index (χ1n) is 8.60. The van der Waals surface area contributed by atoms with Crippen LogP contribution in [-0.2, 0) is 16.0 Å². The summed E-state index contributed by atoms with van der Waals surface area (Å²) < 4.78 is 16.8. The molecule has 0 unspecified atom stereocenters. The van der Waals surface area contributed by atoms with Gasteiger partial charge in [0.15, 0.2) is 6.10 Å². The van der Waals surface area contributed by atoms with Gasteiger partial charge in [-0.15, -0.1) is 10.2 Å². The Balaban J connectivity index is 1.42. The molecule has 2 aromatic carbocycles. The third-order valence-corrected chi connectivity index (χ3v) is 4.60. The van der Waals surface area contributed by atoms with E-state index in [1.165, 1.54) is 0 Å². The summed E-state index contributed by atoms with van der Waals surface area (Å²) in [5.41, 5.74) is 1.71. The predicted octanol–water partition coefficient (Wildman–Crippen LogP) is 4.25. The molecule has 0 saturated heterocycles. The zero-order valence-electron chi connectivity index (χ0n) is 14.6. The fraction of sp³-hybridized carbons (Fsp3) is 0.250. The van der Waals surface area contributed by atoms with Crippen molar-refractivity contribution >= 4 is 17.6 Å². The maximum absolute atomic E-state index is 12.5. The van der Waals surface area contributed by atoms with Gasteiger partial charge in [0.05, 0.1) is 5.92 Å². The molecule has 0 saturated carbocycles.